The lowest BCUT2D eigenvalue weighted by molar-refractivity contribution is 0.582. The average Bonchev–Trinajstić information content (AvgIpc) is 3.17. The molecule has 2 aromatic heterocycles. The van der Waals surface area contributed by atoms with E-state index in [1.54, 1.807) is 6.26 Å². The van der Waals surface area contributed by atoms with E-state index in [1.165, 1.54) is 11.3 Å². The maximum absolute atomic E-state index is 9.37. The molecule has 0 aliphatic carbocycles. The molecular formula is C17H10ClNOS. The van der Waals surface area contributed by atoms with Gasteiger partial charge in [0.1, 0.15) is 11.8 Å². The molecule has 102 valence electrons. The molecule has 0 saturated heterocycles. The summed E-state index contributed by atoms with van der Waals surface area (Å²) in [6.45, 7) is 0. The second kappa shape index (κ2) is 6.01. The second-order valence-corrected chi connectivity index (χ2v) is 5.75. The molecular weight excluding hydrogens is 302 g/mol. The quantitative estimate of drug-likeness (QED) is 0.579. The minimum absolute atomic E-state index is 0.625. The average molecular weight is 312 g/mol. The number of allylic oxidation sites excluding steroid dienone is 1. The molecule has 0 amide bonds. The van der Waals surface area contributed by atoms with Gasteiger partial charge in [-0.3, -0.25) is 0 Å². The van der Waals surface area contributed by atoms with Crippen molar-refractivity contribution in [1.29, 1.82) is 5.26 Å². The summed E-state index contributed by atoms with van der Waals surface area (Å²) in [6, 6.07) is 15.4. The third kappa shape index (κ3) is 3.08. The molecule has 0 aliphatic heterocycles. The smallest absolute Gasteiger partial charge is 0.134 e. The number of nitrogens with zero attached hydrogens (tertiary/aromatic N) is 1. The van der Waals surface area contributed by atoms with E-state index in [-0.39, 0.29) is 0 Å². The van der Waals surface area contributed by atoms with E-state index >= 15 is 0 Å². The van der Waals surface area contributed by atoms with Crippen LogP contribution in [0.25, 0.3) is 23.0 Å². The molecule has 4 heteroatoms. The standard InChI is InChI=1S/C17H10ClNOS/c18-15-5-3-12(4-6-15)8-13(10-19)17-9-14(11-21-17)16-2-1-7-20-16/h1-9,11H. The molecule has 21 heavy (non-hydrogen) atoms. The molecule has 0 unspecified atom stereocenters. The van der Waals surface area contributed by atoms with Crippen molar-refractivity contribution < 1.29 is 4.42 Å². The van der Waals surface area contributed by atoms with Gasteiger partial charge in [-0.05, 0) is 42.0 Å². The Morgan fingerprint density at radius 2 is 2.05 bits per heavy atom. The van der Waals surface area contributed by atoms with E-state index in [9.17, 15) is 5.26 Å². The van der Waals surface area contributed by atoms with Gasteiger partial charge in [0.05, 0.1) is 11.8 Å². The lowest BCUT2D eigenvalue weighted by atomic mass is 10.1. The van der Waals surface area contributed by atoms with E-state index in [0.29, 0.717) is 10.6 Å². The molecule has 0 radical (unpaired) electrons. The molecule has 0 bridgehead atoms. The van der Waals surface area contributed by atoms with Gasteiger partial charge in [-0.2, -0.15) is 5.26 Å². The van der Waals surface area contributed by atoms with Crippen molar-refractivity contribution in [3.8, 4) is 17.4 Å². The number of nitriles is 1. The molecule has 0 fully saturated rings. The number of thiophene rings is 1. The lowest BCUT2D eigenvalue weighted by Gasteiger charge is -1.96. The fourth-order valence-corrected chi connectivity index (χ4v) is 2.92. The highest BCUT2D eigenvalue weighted by atomic mass is 35.5. The molecule has 0 spiro atoms. The van der Waals surface area contributed by atoms with Gasteiger partial charge < -0.3 is 4.42 Å². The Morgan fingerprint density at radius 3 is 2.71 bits per heavy atom. The van der Waals surface area contributed by atoms with Crippen molar-refractivity contribution in [1.82, 2.24) is 0 Å². The molecule has 0 saturated carbocycles. The maximum atomic E-state index is 9.37. The lowest BCUT2D eigenvalue weighted by Crippen LogP contribution is -1.77. The molecule has 1 aromatic carbocycles. The van der Waals surface area contributed by atoms with Crippen molar-refractivity contribution in [2.45, 2.75) is 0 Å². The summed E-state index contributed by atoms with van der Waals surface area (Å²) in [4.78, 5) is 0.916. The van der Waals surface area contributed by atoms with Crippen LogP contribution in [0.5, 0.6) is 0 Å². The normalized spacial score (nSPS) is 11.3. The zero-order valence-corrected chi connectivity index (χ0v) is 12.5. The van der Waals surface area contributed by atoms with Crippen LogP contribution in [0.2, 0.25) is 5.02 Å². The first-order chi connectivity index (χ1) is 10.3. The van der Waals surface area contributed by atoms with E-state index in [2.05, 4.69) is 6.07 Å². The number of halogens is 1. The largest absolute Gasteiger partial charge is 0.464 e. The number of benzene rings is 1. The number of furan rings is 1. The summed E-state index contributed by atoms with van der Waals surface area (Å²) in [5.41, 5.74) is 2.56. The molecule has 2 nitrogen and oxygen atoms in total. The van der Waals surface area contributed by atoms with Crippen LogP contribution in [0.3, 0.4) is 0 Å². The Kier molecular flexibility index (Phi) is 3.92. The van der Waals surface area contributed by atoms with Crippen LogP contribution in [0, 0.1) is 11.3 Å². The first-order valence-electron chi connectivity index (χ1n) is 6.26. The molecule has 0 N–H and O–H groups in total. The highest BCUT2D eigenvalue weighted by Gasteiger charge is 2.08. The summed E-state index contributed by atoms with van der Waals surface area (Å²) >= 11 is 7.39. The minimum atomic E-state index is 0.625. The van der Waals surface area contributed by atoms with Crippen LogP contribution in [-0.2, 0) is 0 Å². The highest BCUT2D eigenvalue weighted by molar-refractivity contribution is 7.11. The SMILES string of the molecule is N#CC(=Cc1ccc(Cl)cc1)c1cc(-c2ccco2)cs1. The Labute approximate surface area is 131 Å². The summed E-state index contributed by atoms with van der Waals surface area (Å²) in [5.74, 6) is 0.807. The first kappa shape index (κ1) is 13.7. The van der Waals surface area contributed by atoms with Crippen LogP contribution in [0.1, 0.15) is 10.4 Å². The zero-order valence-electron chi connectivity index (χ0n) is 10.9. The number of hydrogen-bond acceptors (Lipinski definition) is 3. The van der Waals surface area contributed by atoms with E-state index in [1.807, 2.05) is 53.9 Å². The third-order valence-electron chi connectivity index (χ3n) is 2.97. The van der Waals surface area contributed by atoms with Crippen LogP contribution < -0.4 is 0 Å². The Hall–Kier alpha value is -2.28. The van der Waals surface area contributed by atoms with E-state index in [0.717, 1.165) is 21.8 Å². The van der Waals surface area contributed by atoms with Crippen molar-refractivity contribution in [2.75, 3.05) is 0 Å². The third-order valence-corrected chi connectivity index (χ3v) is 4.19. The van der Waals surface area contributed by atoms with Gasteiger partial charge in [0.25, 0.3) is 0 Å². The van der Waals surface area contributed by atoms with Gasteiger partial charge in [-0.25, -0.2) is 0 Å². The van der Waals surface area contributed by atoms with Gasteiger partial charge in [-0.15, -0.1) is 11.3 Å². The molecule has 3 aromatic rings. The van der Waals surface area contributed by atoms with Gasteiger partial charge >= 0.3 is 0 Å². The summed E-state index contributed by atoms with van der Waals surface area (Å²) in [5, 5.41) is 12.0. The predicted octanol–water partition coefficient (Wildman–Crippen LogP) is 5.73. The Morgan fingerprint density at radius 1 is 1.24 bits per heavy atom. The topological polar surface area (TPSA) is 36.9 Å². The first-order valence-corrected chi connectivity index (χ1v) is 7.52. The van der Waals surface area contributed by atoms with Crippen molar-refractivity contribution in [2.24, 2.45) is 0 Å². The monoisotopic (exact) mass is 311 g/mol. The van der Waals surface area contributed by atoms with Crippen molar-refractivity contribution in [3.63, 3.8) is 0 Å². The van der Waals surface area contributed by atoms with Gasteiger partial charge in [0, 0.05) is 20.8 Å². The van der Waals surface area contributed by atoms with E-state index in [4.69, 9.17) is 16.0 Å². The number of rotatable bonds is 3. The summed E-state index contributed by atoms with van der Waals surface area (Å²) < 4.78 is 5.37. The van der Waals surface area contributed by atoms with Gasteiger partial charge in [-0.1, -0.05) is 23.7 Å². The predicted molar refractivity (Wildman–Crippen MR) is 87.0 cm³/mol. The highest BCUT2D eigenvalue weighted by Crippen LogP contribution is 2.31. The second-order valence-electron chi connectivity index (χ2n) is 4.40. The number of hydrogen-bond donors (Lipinski definition) is 0. The van der Waals surface area contributed by atoms with Gasteiger partial charge in [0.15, 0.2) is 0 Å². The van der Waals surface area contributed by atoms with Crippen LogP contribution in [0.4, 0.5) is 0 Å². The molecule has 0 atom stereocenters. The summed E-state index contributed by atoms with van der Waals surface area (Å²) in [6.07, 6.45) is 3.50. The van der Waals surface area contributed by atoms with Crippen molar-refractivity contribution >= 4 is 34.6 Å². The van der Waals surface area contributed by atoms with Gasteiger partial charge in [0.2, 0.25) is 0 Å². The maximum Gasteiger partial charge on any atom is 0.134 e. The van der Waals surface area contributed by atoms with Crippen LogP contribution >= 0.6 is 22.9 Å². The van der Waals surface area contributed by atoms with E-state index < -0.39 is 0 Å². The van der Waals surface area contributed by atoms with Crippen molar-refractivity contribution in [3.05, 3.63) is 69.6 Å². The minimum Gasteiger partial charge on any atom is -0.464 e. The fourth-order valence-electron chi connectivity index (χ4n) is 1.93. The van der Waals surface area contributed by atoms with Crippen LogP contribution in [-0.4, -0.2) is 0 Å². The molecule has 3 rings (SSSR count). The van der Waals surface area contributed by atoms with Crippen LogP contribution in [0.15, 0.2) is 58.5 Å². The fraction of sp³-hybridized carbons (Fsp3) is 0. The zero-order chi connectivity index (χ0) is 14.7. The molecule has 2 heterocycles. The Balaban J connectivity index is 1.94. The summed E-state index contributed by atoms with van der Waals surface area (Å²) in [7, 11) is 0. The Bertz CT molecular complexity index is 807. The molecule has 0 aliphatic rings.